The van der Waals surface area contributed by atoms with Gasteiger partial charge in [0.25, 0.3) is 0 Å². The fraction of sp³-hybridized carbons (Fsp3) is 0.261. The molecule has 1 aromatic heterocycles. The van der Waals surface area contributed by atoms with E-state index in [1.54, 1.807) is 19.1 Å². The third-order valence-corrected chi connectivity index (χ3v) is 9.90. The molecule has 0 amide bonds. The molecule has 0 aliphatic rings. The van der Waals surface area contributed by atoms with E-state index in [1.165, 1.54) is 25.0 Å². The number of hydrogen-bond acceptors (Lipinski definition) is 8. The van der Waals surface area contributed by atoms with E-state index in [1.807, 2.05) is 31.2 Å². The van der Waals surface area contributed by atoms with E-state index in [2.05, 4.69) is 9.97 Å². The number of benzene rings is 2. The van der Waals surface area contributed by atoms with Gasteiger partial charge in [-0.05, 0) is 31.5 Å². The lowest BCUT2D eigenvalue weighted by Gasteiger charge is -2.13. The summed E-state index contributed by atoms with van der Waals surface area (Å²) in [6.45, 7) is 5.10. The molecule has 0 aliphatic heterocycles. The zero-order valence-electron chi connectivity index (χ0n) is 18.7. The van der Waals surface area contributed by atoms with Crippen LogP contribution in [0.25, 0.3) is 11.3 Å². The predicted octanol–water partition coefficient (Wildman–Crippen LogP) is 4.14. The Morgan fingerprint density at radius 2 is 1.73 bits per heavy atom. The monoisotopic (exact) mass is 487 g/mol. The third-order valence-electron chi connectivity index (χ3n) is 4.87. The van der Waals surface area contributed by atoms with Crippen LogP contribution in [0, 0.1) is 6.92 Å². The van der Waals surface area contributed by atoms with Gasteiger partial charge in [0.05, 0.1) is 23.4 Å². The molecule has 1 heterocycles. The number of nitrogens with two attached hydrogens (primary N) is 1. The van der Waals surface area contributed by atoms with Crippen molar-refractivity contribution in [2.75, 3.05) is 24.5 Å². The zero-order valence-corrected chi connectivity index (χ0v) is 20.4. The van der Waals surface area contributed by atoms with Crippen molar-refractivity contribution in [3.8, 4) is 11.3 Å². The fourth-order valence-corrected chi connectivity index (χ4v) is 7.71. The Kier molecular flexibility index (Phi) is 7.47. The molecule has 0 spiro atoms. The van der Waals surface area contributed by atoms with Crippen molar-refractivity contribution < 1.29 is 22.3 Å². The molecular weight excluding hydrogens is 461 g/mol. The first-order chi connectivity index (χ1) is 15.5. The Labute approximate surface area is 193 Å². The molecule has 0 radical (unpaired) electrons. The van der Waals surface area contributed by atoms with Gasteiger partial charge < -0.3 is 10.3 Å². The van der Waals surface area contributed by atoms with Gasteiger partial charge in [-0.15, -0.1) is 0 Å². The van der Waals surface area contributed by atoms with Crippen LogP contribution in [-0.4, -0.2) is 42.9 Å². The van der Waals surface area contributed by atoms with E-state index < -0.39 is 22.7 Å². The Morgan fingerprint density at radius 1 is 1.09 bits per heavy atom. The van der Waals surface area contributed by atoms with Crippen LogP contribution >= 0.6 is 7.37 Å². The molecule has 3 aromatic rings. The average molecular weight is 488 g/mol. The summed E-state index contributed by atoms with van der Waals surface area (Å²) in [4.78, 5) is 21.4. The number of rotatable bonds is 9. The molecule has 33 heavy (non-hydrogen) atoms. The van der Waals surface area contributed by atoms with Gasteiger partial charge in [0.1, 0.15) is 11.2 Å². The second-order valence-electron chi connectivity index (χ2n) is 7.77. The molecular formula is C23H26N3O5PS. The molecule has 10 heteroatoms. The van der Waals surface area contributed by atoms with Crippen molar-refractivity contribution in [2.24, 2.45) is 0 Å². The predicted molar refractivity (Wildman–Crippen MR) is 128 cm³/mol. The van der Waals surface area contributed by atoms with Crippen LogP contribution in [0.2, 0.25) is 0 Å². The van der Waals surface area contributed by atoms with Crippen LogP contribution < -0.4 is 5.73 Å². The van der Waals surface area contributed by atoms with Crippen LogP contribution in [-0.2, 0) is 25.3 Å². The number of aromatic nitrogens is 2. The van der Waals surface area contributed by atoms with E-state index in [0.717, 1.165) is 11.1 Å². The van der Waals surface area contributed by atoms with Crippen molar-refractivity contribution in [2.45, 2.75) is 25.2 Å². The van der Waals surface area contributed by atoms with Gasteiger partial charge in [0.2, 0.25) is 7.37 Å². The molecule has 0 bridgehead atoms. The zero-order chi connectivity index (χ0) is 24.2. The highest BCUT2D eigenvalue weighted by molar-refractivity contribution is 7.98. The number of Topliss-reactive ketones (excluding diaryl/α,β-unsaturated/α-hetero) is 1. The Balaban J connectivity index is 1.78. The lowest BCUT2D eigenvalue weighted by atomic mass is 10.1. The number of nitrogens with zero attached hydrogens (tertiary/aromatic N) is 2. The lowest BCUT2D eigenvalue weighted by molar-refractivity contribution is 0.0989. The minimum Gasteiger partial charge on any atom is -0.382 e. The summed E-state index contributed by atoms with van der Waals surface area (Å²) in [7, 11) is -7.06. The van der Waals surface area contributed by atoms with E-state index in [9.17, 15) is 17.8 Å². The SMILES string of the molecule is CCO[P@@](C)(=O)CS(=O)(=O)c1ccc(CC(=O)c2nc(-c3ccc(C)cc3)cnc2N)cc1. The van der Waals surface area contributed by atoms with Crippen molar-refractivity contribution in [3.05, 3.63) is 71.5 Å². The number of anilines is 1. The maximum atomic E-state index is 12.9. The van der Waals surface area contributed by atoms with E-state index in [4.69, 9.17) is 10.3 Å². The van der Waals surface area contributed by atoms with Crippen molar-refractivity contribution >= 4 is 28.8 Å². The fourth-order valence-electron chi connectivity index (χ4n) is 3.24. The van der Waals surface area contributed by atoms with E-state index in [0.29, 0.717) is 11.3 Å². The number of ketones is 1. The summed E-state index contributed by atoms with van der Waals surface area (Å²) in [6.07, 6.45) is 1.49. The first-order valence-electron chi connectivity index (χ1n) is 10.3. The van der Waals surface area contributed by atoms with Crippen LogP contribution in [0.4, 0.5) is 5.82 Å². The number of carbonyl (C=O) groups excluding carboxylic acids is 1. The van der Waals surface area contributed by atoms with Gasteiger partial charge in [-0.1, -0.05) is 42.0 Å². The van der Waals surface area contributed by atoms with Gasteiger partial charge in [-0.2, -0.15) is 0 Å². The molecule has 0 saturated carbocycles. The summed E-state index contributed by atoms with van der Waals surface area (Å²) < 4.78 is 42.5. The van der Waals surface area contributed by atoms with Gasteiger partial charge in [-0.25, -0.2) is 18.4 Å². The average Bonchev–Trinajstić information content (AvgIpc) is 2.74. The molecule has 2 aromatic carbocycles. The Bertz CT molecular complexity index is 1310. The largest absolute Gasteiger partial charge is 0.382 e. The maximum absolute atomic E-state index is 12.9. The summed E-state index contributed by atoms with van der Waals surface area (Å²) in [5, 5.41) is 0. The molecule has 0 saturated heterocycles. The minimum absolute atomic E-state index is 0.0150. The standard InChI is InChI=1S/C23H26N3O5PS/c1-4-31-32(3,28)15-33(29,30)19-11-7-17(8-12-19)13-21(27)22-23(24)25-14-20(26-22)18-9-5-16(2)6-10-18/h5-12,14H,4,13,15H2,1-3H3,(H2,24,25)/t32-/m1/s1. The lowest BCUT2D eigenvalue weighted by Crippen LogP contribution is -2.12. The van der Waals surface area contributed by atoms with Gasteiger partial charge in [0, 0.05) is 18.6 Å². The van der Waals surface area contributed by atoms with Gasteiger partial charge >= 0.3 is 0 Å². The topological polar surface area (TPSA) is 129 Å². The molecule has 3 rings (SSSR count). The number of carbonyl (C=O) groups is 1. The second kappa shape index (κ2) is 9.95. The normalized spacial score (nSPS) is 13.4. The van der Waals surface area contributed by atoms with Crippen LogP contribution in [0.1, 0.15) is 28.5 Å². The van der Waals surface area contributed by atoms with Crippen molar-refractivity contribution in [1.82, 2.24) is 9.97 Å². The summed E-state index contributed by atoms with van der Waals surface area (Å²) in [5.41, 5.74) is 8.42. The first kappa shape index (κ1) is 24.8. The second-order valence-corrected chi connectivity index (χ2v) is 12.8. The van der Waals surface area contributed by atoms with Crippen LogP contribution in [0.5, 0.6) is 0 Å². The summed E-state index contributed by atoms with van der Waals surface area (Å²) in [6, 6.07) is 13.5. The highest BCUT2D eigenvalue weighted by atomic mass is 32.2. The smallest absolute Gasteiger partial charge is 0.215 e. The first-order valence-corrected chi connectivity index (χ1v) is 14.2. The molecule has 0 unspecified atom stereocenters. The van der Waals surface area contributed by atoms with E-state index in [-0.39, 0.29) is 35.2 Å². The van der Waals surface area contributed by atoms with Crippen molar-refractivity contribution in [1.29, 1.82) is 0 Å². The van der Waals surface area contributed by atoms with Crippen LogP contribution in [0.3, 0.4) is 0 Å². The molecule has 0 fully saturated rings. The quantitative estimate of drug-likeness (QED) is 0.352. The molecule has 174 valence electrons. The molecule has 2 N–H and O–H groups in total. The number of nitrogen functional groups attached to an aromatic ring is 1. The van der Waals surface area contributed by atoms with E-state index >= 15 is 0 Å². The highest BCUT2D eigenvalue weighted by Gasteiger charge is 2.27. The van der Waals surface area contributed by atoms with Crippen LogP contribution in [0.15, 0.2) is 59.6 Å². The molecule has 1 atom stereocenters. The number of aryl methyl sites for hydroxylation is 1. The Morgan fingerprint density at radius 3 is 2.33 bits per heavy atom. The highest BCUT2D eigenvalue weighted by Crippen LogP contribution is 2.44. The molecule has 0 aliphatic carbocycles. The Hall–Kier alpha value is -2.87. The van der Waals surface area contributed by atoms with Crippen molar-refractivity contribution in [3.63, 3.8) is 0 Å². The molecule has 8 nitrogen and oxygen atoms in total. The van der Waals surface area contributed by atoms with Gasteiger partial charge in [0.15, 0.2) is 21.4 Å². The maximum Gasteiger partial charge on any atom is 0.215 e. The van der Waals surface area contributed by atoms with Gasteiger partial charge in [-0.3, -0.25) is 9.36 Å². The summed E-state index contributed by atoms with van der Waals surface area (Å²) in [5.74, 6) is -0.302. The number of sulfone groups is 1. The third kappa shape index (κ3) is 6.35. The minimum atomic E-state index is -3.80. The number of hydrogen-bond donors (Lipinski definition) is 1. The summed E-state index contributed by atoms with van der Waals surface area (Å²) >= 11 is 0.